The minimum absolute atomic E-state index is 0.107. The fourth-order valence-corrected chi connectivity index (χ4v) is 4.88. The number of esters is 1. The van der Waals surface area contributed by atoms with Crippen molar-refractivity contribution < 1.29 is 39.1 Å². The van der Waals surface area contributed by atoms with E-state index in [1.165, 1.54) is 4.90 Å². The molecule has 11 heteroatoms. The van der Waals surface area contributed by atoms with Gasteiger partial charge in [-0.05, 0) is 29.7 Å². The molecule has 2 bridgehead atoms. The number of ether oxygens (including phenoxy) is 3. The minimum atomic E-state index is -1.75. The summed E-state index contributed by atoms with van der Waals surface area (Å²) in [6.45, 7) is 0.811. The topological polar surface area (TPSA) is 152 Å². The molecule has 11 nitrogen and oxygen atoms in total. The Kier molecular flexibility index (Phi) is 5.20. The average Bonchev–Trinajstić information content (AvgIpc) is 3.05. The largest absolute Gasteiger partial charge is 0.467 e. The lowest BCUT2D eigenvalue weighted by Gasteiger charge is -2.39. The third-order valence-electron chi connectivity index (χ3n) is 6.48. The van der Waals surface area contributed by atoms with Crippen molar-refractivity contribution in [1.82, 2.24) is 14.9 Å². The summed E-state index contributed by atoms with van der Waals surface area (Å²) in [6, 6.07) is 4.04. The molecule has 1 amide bonds. The molecule has 3 aliphatic rings. The summed E-state index contributed by atoms with van der Waals surface area (Å²) in [5, 5.41) is 30.2. The number of piperidine rings is 1. The minimum Gasteiger partial charge on any atom is -0.467 e. The van der Waals surface area contributed by atoms with E-state index >= 15 is 0 Å². The van der Waals surface area contributed by atoms with Crippen molar-refractivity contribution in [1.29, 1.82) is 0 Å². The number of carbonyl (C=O) groups excluding carboxylic acids is 2. The molecule has 0 radical (unpaired) electrons. The van der Waals surface area contributed by atoms with Crippen LogP contribution in [0.2, 0.25) is 0 Å². The average molecular weight is 445 g/mol. The number of aliphatic hydroxyl groups is 3. The highest BCUT2D eigenvalue weighted by Gasteiger charge is 2.50. The van der Waals surface area contributed by atoms with Crippen molar-refractivity contribution >= 4 is 23.1 Å². The van der Waals surface area contributed by atoms with E-state index in [-0.39, 0.29) is 11.8 Å². The van der Waals surface area contributed by atoms with Crippen LogP contribution in [-0.4, -0.2) is 93.2 Å². The van der Waals surface area contributed by atoms with Gasteiger partial charge in [-0.3, -0.25) is 9.97 Å². The van der Waals surface area contributed by atoms with Crippen molar-refractivity contribution in [2.45, 2.75) is 49.0 Å². The number of aromatic nitrogens is 2. The third-order valence-corrected chi connectivity index (χ3v) is 6.48. The summed E-state index contributed by atoms with van der Waals surface area (Å²) < 4.78 is 15.1. The molecule has 32 heavy (non-hydrogen) atoms. The highest BCUT2D eigenvalue weighted by molar-refractivity contribution is 5.78. The lowest BCUT2D eigenvalue weighted by Crippen LogP contribution is -2.61. The van der Waals surface area contributed by atoms with Crippen LogP contribution in [0, 0.1) is 0 Å². The smallest absolute Gasteiger partial charge is 0.412 e. The molecule has 3 N–H and O–H groups in total. The second-order valence-corrected chi connectivity index (χ2v) is 8.36. The van der Waals surface area contributed by atoms with Crippen LogP contribution in [0.25, 0.3) is 11.0 Å². The standard InChI is InChI=1S/C21H23N3O8/c1-30-19(28)18-16(26)15(25)17(27)20(31-18)32-21(29)24-7-9-4-10(8-24)12-6-14-13(5-11(9)12)22-2-3-23-14/h2-3,5-6,9-10,15-18,20,25-27H,4,7-8H2,1H3/t9-,10-,15+,16+,17-,18+,20+/m1/s1. The summed E-state index contributed by atoms with van der Waals surface area (Å²) >= 11 is 0. The van der Waals surface area contributed by atoms with Crippen LogP contribution in [0.3, 0.4) is 0 Å². The van der Waals surface area contributed by atoms with Crippen molar-refractivity contribution in [3.05, 3.63) is 35.7 Å². The second kappa shape index (κ2) is 7.93. The third kappa shape index (κ3) is 3.37. The van der Waals surface area contributed by atoms with Gasteiger partial charge in [0.1, 0.15) is 18.3 Å². The quantitative estimate of drug-likeness (QED) is 0.522. The van der Waals surface area contributed by atoms with E-state index in [0.717, 1.165) is 35.7 Å². The lowest BCUT2D eigenvalue weighted by atomic mass is 9.96. The molecule has 5 rings (SSSR count). The van der Waals surface area contributed by atoms with Gasteiger partial charge in [0.25, 0.3) is 0 Å². The number of amides is 1. The predicted octanol–water partition coefficient (Wildman–Crippen LogP) is -0.367. The monoisotopic (exact) mass is 445 g/mol. The van der Waals surface area contributed by atoms with Gasteiger partial charge in [0.2, 0.25) is 6.29 Å². The van der Waals surface area contributed by atoms with Gasteiger partial charge in [0.15, 0.2) is 6.10 Å². The maximum absolute atomic E-state index is 12.9. The van der Waals surface area contributed by atoms with Crippen LogP contribution in [0.15, 0.2) is 24.5 Å². The van der Waals surface area contributed by atoms with E-state index in [9.17, 15) is 24.9 Å². The summed E-state index contributed by atoms with van der Waals surface area (Å²) in [5.74, 6) is -0.740. The second-order valence-electron chi connectivity index (χ2n) is 8.36. The zero-order valence-electron chi connectivity index (χ0n) is 17.2. The lowest BCUT2D eigenvalue weighted by molar-refractivity contribution is -0.280. The molecule has 2 aromatic rings. The Hall–Kier alpha value is -2.86. The molecule has 1 aliphatic carbocycles. The Morgan fingerprint density at radius 1 is 1.00 bits per heavy atom. The van der Waals surface area contributed by atoms with Gasteiger partial charge in [-0.15, -0.1) is 0 Å². The number of fused-ring (bicyclic) bond motifs is 6. The van der Waals surface area contributed by atoms with E-state index in [1.807, 2.05) is 12.1 Å². The van der Waals surface area contributed by atoms with Crippen molar-refractivity contribution in [2.24, 2.45) is 0 Å². The molecular formula is C21H23N3O8. The molecule has 0 saturated carbocycles. The number of benzene rings is 1. The number of aliphatic hydroxyl groups excluding tert-OH is 3. The van der Waals surface area contributed by atoms with Crippen molar-refractivity contribution in [3.63, 3.8) is 0 Å². The first-order valence-electron chi connectivity index (χ1n) is 10.3. The number of likely N-dealkylation sites (tertiary alicyclic amines) is 1. The number of nitrogens with zero attached hydrogens (tertiary/aromatic N) is 3. The van der Waals surface area contributed by atoms with Crippen LogP contribution in [0.5, 0.6) is 0 Å². The predicted molar refractivity (Wildman–Crippen MR) is 106 cm³/mol. The summed E-state index contributed by atoms with van der Waals surface area (Å²) in [7, 11) is 1.09. The SMILES string of the molecule is COC(=O)[C@H]1O[C@@H](OC(=O)N2C[C@H]3C[C@H](C2)c2cc4nccnc4cc23)[C@H](O)[C@@H](O)[C@@H]1O. The molecule has 0 spiro atoms. The van der Waals surface area contributed by atoms with E-state index in [1.54, 1.807) is 12.4 Å². The molecular weight excluding hydrogens is 422 g/mol. The van der Waals surface area contributed by atoms with Gasteiger partial charge < -0.3 is 34.4 Å². The molecule has 3 heterocycles. The molecule has 0 unspecified atom stereocenters. The van der Waals surface area contributed by atoms with E-state index in [4.69, 9.17) is 9.47 Å². The summed E-state index contributed by atoms with van der Waals surface area (Å²) in [4.78, 5) is 34.9. The van der Waals surface area contributed by atoms with Gasteiger partial charge in [-0.2, -0.15) is 0 Å². The Balaban J connectivity index is 1.32. The Morgan fingerprint density at radius 3 is 2.16 bits per heavy atom. The fraction of sp³-hybridized carbons (Fsp3) is 0.524. The Morgan fingerprint density at radius 2 is 1.59 bits per heavy atom. The van der Waals surface area contributed by atoms with Crippen LogP contribution < -0.4 is 0 Å². The molecule has 170 valence electrons. The van der Waals surface area contributed by atoms with E-state index < -0.39 is 42.8 Å². The first kappa shape index (κ1) is 21.0. The molecule has 7 atom stereocenters. The number of hydrogen-bond acceptors (Lipinski definition) is 10. The van der Waals surface area contributed by atoms with Crippen LogP contribution in [-0.2, 0) is 19.0 Å². The van der Waals surface area contributed by atoms with Gasteiger partial charge >= 0.3 is 12.1 Å². The number of hydrogen-bond donors (Lipinski definition) is 3. The first-order chi connectivity index (χ1) is 15.4. The van der Waals surface area contributed by atoms with Crippen LogP contribution in [0.1, 0.15) is 29.4 Å². The van der Waals surface area contributed by atoms with E-state index in [0.29, 0.717) is 13.1 Å². The molecule has 2 fully saturated rings. The summed E-state index contributed by atoms with van der Waals surface area (Å²) in [5.41, 5.74) is 3.87. The maximum atomic E-state index is 12.9. The normalized spacial score (nSPS) is 33.6. The molecule has 1 aromatic carbocycles. The van der Waals surface area contributed by atoms with Crippen LogP contribution in [0.4, 0.5) is 4.79 Å². The number of rotatable bonds is 2. The fourth-order valence-electron chi connectivity index (χ4n) is 4.88. The first-order valence-corrected chi connectivity index (χ1v) is 10.3. The Bertz CT molecular complexity index is 1010. The maximum Gasteiger partial charge on any atom is 0.412 e. The highest BCUT2D eigenvalue weighted by atomic mass is 16.7. The van der Waals surface area contributed by atoms with Gasteiger partial charge in [-0.1, -0.05) is 0 Å². The van der Waals surface area contributed by atoms with Gasteiger partial charge in [0.05, 0.1) is 18.1 Å². The Labute approximate surface area is 182 Å². The van der Waals surface area contributed by atoms with Gasteiger partial charge in [0, 0.05) is 37.3 Å². The van der Waals surface area contributed by atoms with Crippen molar-refractivity contribution in [2.75, 3.05) is 20.2 Å². The van der Waals surface area contributed by atoms with E-state index in [2.05, 4.69) is 14.7 Å². The molecule has 1 aromatic heterocycles. The highest BCUT2D eigenvalue weighted by Crippen LogP contribution is 2.47. The molecule has 2 saturated heterocycles. The molecule has 2 aliphatic heterocycles. The van der Waals surface area contributed by atoms with Crippen LogP contribution >= 0.6 is 0 Å². The zero-order chi connectivity index (χ0) is 22.6. The summed E-state index contributed by atoms with van der Waals surface area (Å²) in [6.07, 6.45) is -4.99. The van der Waals surface area contributed by atoms with Crippen molar-refractivity contribution in [3.8, 4) is 0 Å². The zero-order valence-corrected chi connectivity index (χ0v) is 17.2. The van der Waals surface area contributed by atoms with Gasteiger partial charge in [-0.25, -0.2) is 9.59 Å². The number of methoxy groups -OCH3 is 1. The number of carbonyl (C=O) groups is 2.